The van der Waals surface area contributed by atoms with E-state index >= 15 is 0 Å². The molecular formula is C16H23NO3S. The van der Waals surface area contributed by atoms with Gasteiger partial charge < -0.3 is 14.4 Å². The molecule has 0 radical (unpaired) electrons. The summed E-state index contributed by atoms with van der Waals surface area (Å²) in [7, 11) is 3.28. The Balaban J connectivity index is 2.19. The zero-order valence-corrected chi connectivity index (χ0v) is 13.9. The topological polar surface area (TPSA) is 38.8 Å². The third kappa shape index (κ3) is 3.84. The van der Waals surface area contributed by atoms with Crippen molar-refractivity contribution >= 4 is 17.7 Å². The number of rotatable bonds is 7. The van der Waals surface area contributed by atoms with Gasteiger partial charge in [0.2, 0.25) is 5.91 Å². The van der Waals surface area contributed by atoms with Crippen LogP contribution < -0.4 is 9.47 Å². The number of benzene rings is 1. The van der Waals surface area contributed by atoms with E-state index in [1.54, 1.807) is 26.0 Å². The number of ether oxygens (including phenoxy) is 2. The molecule has 2 rings (SSSR count). The highest BCUT2D eigenvalue weighted by atomic mass is 32.2. The van der Waals surface area contributed by atoms with Crippen LogP contribution in [0.3, 0.4) is 0 Å². The highest BCUT2D eigenvalue weighted by Crippen LogP contribution is 2.33. The Morgan fingerprint density at radius 1 is 1.38 bits per heavy atom. The molecule has 5 heteroatoms. The first-order chi connectivity index (χ1) is 10.1. The fraction of sp³-hybridized carbons (Fsp3) is 0.562. The lowest BCUT2D eigenvalue weighted by Gasteiger charge is -2.26. The minimum Gasteiger partial charge on any atom is -0.497 e. The molecule has 1 aliphatic carbocycles. The lowest BCUT2D eigenvalue weighted by atomic mass is 10.1. The Hall–Kier alpha value is -1.36. The Bertz CT molecular complexity index is 502. The summed E-state index contributed by atoms with van der Waals surface area (Å²) in [5.74, 6) is 1.74. The molecule has 1 amide bonds. The normalized spacial score (nSPS) is 15.4. The Morgan fingerprint density at radius 2 is 2.10 bits per heavy atom. The third-order valence-corrected chi connectivity index (χ3v) is 4.72. The van der Waals surface area contributed by atoms with Crippen LogP contribution in [0.2, 0.25) is 0 Å². The summed E-state index contributed by atoms with van der Waals surface area (Å²) in [5.41, 5.74) is 1.02. The van der Waals surface area contributed by atoms with E-state index in [0.717, 1.165) is 29.9 Å². The van der Waals surface area contributed by atoms with Gasteiger partial charge in [0.25, 0.3) is 0 Å². The van der Waals surface area contributed by atoms with Gasteiger partial charge in [-0.15, -0.1) is 0 Å². The number of carbonyl (C=O) groups excluding carboxylic acids is 1. The van der Waals surface area contributed by atoms with E-state index in [-0.39, 0.29) is 11.2 Å². The molecule has 0 aliphatic heterocycles. The fourth-order valence-corrected chi connectivity index (χ4v) is 2.61. The van der Waals surface area contributed by atoms with Crippen LogP contribution in [0.5, 0.6) is 11.5 Å². The number of thioether (sulfide) groups is 1. The van der Waals surface area contributed by atoms with Crippen LogP contribution >= 0.6 is 11.8 Å². The van der Waals surface area contributed by atoms with Gasteiger partial charge in [-0.25, -0.2) is 0 Å². The molecule has 1 aliphatic rings. The summed E-state index contributed by atoms with van der Waals surface area (Å²) in [6.45, 7) is 2.56. The summed E-state index contributed by atoms with van der Waals surface area (Å²) in [6.07, 6.45) is 4.18. The first kappa shape index (κ1) is 16.0. The number of methoxy groups -OCH3 is 2. The quantitative estimate of drug-likeness (QED) is 0.776. The largest absolute Gasteiger partial charge is 0.497 e. The maximum atomic E-state index is 12.5. The smallest absolute Gasteiger partial charge is 0.235 e. The van der Waals surface area contributed by atoms with E-state index in [0.29, 0.717) is 12.6 Å². The molecule has 0 aromatic heterocycles. The molecule has 0 saturated heterocycles. The van der Waals surface area contributed by atoms with Gasteiger partial charge in [-0.2, -0.15) is 11.8 Å². The van der Waals surface area contributed by atoms with Crippen LogP contribution in [-0.2, 0) is 11.3 Å². The van der Waals surface area contributed by atoms with Crippen molar-refractivity contribution in [1.29, 1.82) is 0 Å². The highest BCUT2D eigenvalue weighted by Gasteiger charge is 2.34. The molecule has 1 fully saturated rings. The van der Waals surface area contributed by atoms with Crippen LogP contribution in [0.25, 0.3) is 0 Å². The molecule has 21 heavy (non-hydrogen) atoms. The van der Waals surface area contributed by atoms with Gasteiger partial charge in [0.05, 0.1) is 19.5 Å². The van der Waals surface area contributed by atoms with Gasteiger partial charge in [0.1, 0.15) is 11.5 Å². The van der Waals surface area contributed by atoms with Crippen LogP contribution in [0.1, 0.15) is 25.3 Å². The lowest BCUT2D eigenvalue weighted by Crippen LogP contribution is -2.37. The minimum atomic E-state index is -0.00477. The van der Waals surface area contributed by atoms with Crippen molar-refractivity contribution in [3.63, 3.8) is 0 Å². The molecule has 1 saturated carbocycles. The molecular weight excluding hydrogens is 286 g/mol. The van der Waals surface area contributed by atoms with Crippen LogP contribution in [0, 0.1) is 0 Å². The van der Waals surface area contributed by atoms with E-state index < -0.39 is 0 Å². The standard InChI is InChI=1S/C16H23NO3S/c1-11(21-4)16(18)17(13-6-7-13)10-12-5-8-14(19-2)9-15(12)20-3/h5,8-9,11,13H,6-7,10H2,1-4H3/t11-/m0/s1. The molecule has 1 aromatic carbocycles. The Labute approximate surface area is 130 Å². The zero-order valence-electron chi connectivity index (χ0n) is 13.1. The number of amides is 1. The van der Waals surface area contributed by atoms with E-state index in [9.17, 15) is 4.79 Å². The first-order valence-electron chi connectivity index (χ1n) is 7.14. The fourth-order valence-electron chi connectivity index (χ4n) is 2.27. The van der Waals surface area contributed by atoms with Crippen LogP contribution in [0.15, 0.2) is 18.2 Å². The minimum absolute atomic E-state index is 0.00477. The third-order valence-electron chi connectivity index (χ3n) is 3.81. The second-order valence-corrected chi connectivity index (χ2v) is 6.43. The van der Waals surface area contributed by atoms with Crippen molar-refractivity contribution in [2.24, 2.45) is 0 Å². The van der Waals surface area contributed by atoms with Crippen LogP contribution in [-0.4, -0.2) is 42.6 Å². The van der Waals surface area contributed by atoms with Crippen molar-refractivity contribution in [3.8, 4) is 11.5 Å². The van der Waals surface area contributed by atoms with Gasteiger partial charge in [-0.1, -0.05) is 0 Å². The first-order valence-corrected chi connectivity index (χ1v) is 8.43. The molecule has 0 unspecified atom stereocenters. The molecule has 0 N–H and O–H groups in total. The molecule has 116 valence electrons. The second kappa shape index (κ2) is 7.07. The summed E-state index contributed by atoms with van der Waals surface area (Å²) in [4.78, 5) is 14.5. The van der Waals surface area contributed by atoms with Crippen molar-refractivity contribution in [2.45, 2.75) is 37.6 Å². The lowest BCUT2D eigenvalue weighted by molar-refractivity contribution is -0.131. The maximum Gasteiger partial charge on any atom is 0.235 e. The van der Waals surface area contributed by atoms with Crippen molar-refractivity contribution < 1.29 is 14.3 Å². The summed E-state index contributed by atoms with van der Waals surface area (Å²) in [5, 5.41) is -0.00477. The Morgan fingerprint density at radius 3 is 2.62 bits per heavy atom. The molecule has 0 heterocycles. The average Bonchev–Trinajstić information content (AvgIpc) is 3.35. The summed E-state index contributed by atoms with van der Waals surface area (Å²) >= 11 is 1.59. The van der Waals surface area contributed by atoms with Crippen molar-refractivity contribution in [2.75, 3.05) is 20.5 Å². The second-order valence-electron chi connectivity index (χ2n) is 5.25. The van der Waals surface area contributed by atoms with Gasteiger partial charge in [-0.05, 0) is 38.2 Å². The van der Waals surface area contributed by atoms with Crippen LogP contribution in [0.4, 0.5) is 0 Å². The predicted octanol–water partition coefficient (Wildman–Crippen LogP) is 2.95. The predicted molar refractivity (Wildman–Crippen MR) is 86.1 cm³/mol. The monoisotopic (exact) mass is 309 g/mol. The highest BCUT2D eigenvalue weighted by molar-refractivity contribution is 7.99. The van der Waals surface area contributed by atoms with Gasteiger partial charge in [-0.3, -0.25) is 4.79 Å². The van der Waals surface area contributed by atoms with Crippen molar-refractivity contribution in [3.05, 3.63) is 23.8 Å². The molecule has 0 bridgehead atoms. The van der Waals surface area contributed by atoms with E-state index in [2.05, 4.69) is 0 Å². The van der Waals surface area contributed by atoms with Crippen molar-refractivity contribution in [1.82, 2.24) is 4.90 Å². The molecule has 4 nitrogen and oxygen atoms in total. The van der Waals surface area contributed by atoms with Gasteiger partial charge in [0.15, 0.2) is 0 Å². The zero-order chi connectivity index (χ0) is 15.4. The van der Waals surface area contributed by atoms with Gasteiger partial charge in [0, 0.05) is 24.2 Å². The molecule has 0 spiro atoms. The number of carbonyl (C=O) groups is 1. The maximum absolute atomic E-state index is 12.5. The number of hydrogen-bond acceptors (Lipinski definition) is 4. The van der Waals surface area contributed by atoms with E-state index in [1.807, 2.05) is 36.3 Å². The molecule has 1 atom stereocenters. The summed E-state index contributed by atoms with van der Waals surface area (Å²) < 4.78 is 10.6. The average molecular weight is 309 g/mol. The summed E-state index contributed by atoms with van der Waals surface area (Å²) in [6, 6.07) is 6.14. The van der Waals surface area contributed by atoms with E-state index in [4.69, 9.17) is 9.47 Å². The number of nitrogens with zero attached hydrogens (tertiary/aromatic N) is 1. The van der Waals surface area contributed by atoms with E-state index in [1.165, 1.54) is 0 Å². The molecule has 1 aromatic rings. The Kier molecular flexibility index (Phi) is 5.39. The number of hydrogen-bond donors (Lipinski definition) is 0. The van der Waals surface area contributed by atoms with Gasteiger partial charge >= 0.3 is 0 Å². The SMILES string of the molecule is COc1ccc(CN(C(=O)[C@H](C)SC)C2CC2)c(OC)c1.